The highest BCUT2D eigenvalue weighted by atomic mass is 32.2. The molecule has 1 aliphatic rings. The zero-order valence-corrected chi connectivity index (χ0v) is 15.5. The van der Waals surface area contributed by atoms with Gasteiger partial charge in [-0.15, -0.1) is 16.8 Å². The van der Waals surface area contributed by atoms with E-state index in [9.17, 15) is 9.59 Å². The van der Waals surface area contributed by atoms with Crippen LogP contribution in [-0.4, -0.2) is 59.1 Å². The molecule has 3 amide bonds. The summed E-state index contributed by atoms with van der Waals surface area (Å²) in [6.07, 6.45) is 6.61. The minimum Gasteiger partial charge on any atom is -0.341 e. The molecule has 0 saturated carbocycles. The largest absolute Gasteiger partial charge is 0.341 e. The van der Waals surface area contributed by atoms with Gasteiger partial charge in [0.15, 0.2) is 5.16 Å². The Hall–Kier alpha value is -1.87. The fourth-order valence-electron chi connectivity index (χ4n) is 2.87. The summed E-state index contributed by atoms with van der Waals surface area (Å²) in [5.41, 5.74) is 0. The number of hydrogen-bond acceptors (Lipinski definition) is 5. The number of aromatic nitrogens is 3. The van der Waals surface area contributed by atoms with Crippen molar-refractivity contribution in [3.05, 3.63) is 18.5 Å². The van der Waals surface area contributed by atoms with Gasteiger partial charge in [0.25, 0.3) is 0 Å². The number of imide groups is 1. The maximum absolute atomic E-state index is 11.7. The highest BCUT2D eigenvalue weighted by Gasteiger charge is 2.18. The third-order valence-corrected chi connectivity index (χ3v) is 5.15. The summed E-state index contributed by atoms with van der Waals surface area (Å²) < 4.78 is 1.99. The molecule has 0 atom stereocenters. The molecule has 0 unspecified atom stereocenters. The molecular formula is C16H27N6O2S+. The summed E-state index contributed by atoms with van der Waals surface area (Å²) in [5.74, 6) is 0.670. The number of rotatable bonds is 8. The quantitative estimate of drug-likeness (QED) is 0.430. The Labute approximate surface area is 152 Å². The number of allylic oxidation sites excluding steroid dienone is 1. The van der Waals surface area contributed by atoms with E-state index < -0.39 is 6.03 Å². The van der Waals surface area contributed by atoms with Crippen LogP contribution >= 0.6 is 11.8 Å². The molecule has 0 radical (unpaired) electrons. The number of likely N-dealkylation sites (tertiary alicyclic amines) is 1. The minimum absolute atomic E-state index is 0.111. The lowest BCUT2D eigenvalue weighted by Gasteiger charge is -2.23. The maximum Gasteiger partial charge on any atom is 0.321 e. The summed E-state index contributed by atoms with van der Waals surface area (Å²) >= 11 is 1.27. The number of thioether (sulfide) groups is 1. The summed E-state index contributed by atoms with van der Waals surface area (Å²) in [5, 5.41) is 13.8. The van der Waals surface area contributed by atoms with Gasteiger partial charge in [-0.2, -0.15) is 0 Å². The number of carbonyl (C=O) groups is 2. The predicted octanol–water partition coefficient (Wildman–Crippen LogP) is -0.377. The first-order valence-electron chi connectivity index (χ1n) is 8.65. The van der Waals surface area contributed by atoms with Crippen LogP contribution in [0.1, 0.15) is 25.1 Å². The van der Waals surface area contributed by atoms with Gasteiger partial charge in [-0.05, 0) is 19.3 Å². The molecule has 25 heavy (non-hydrogen) atoms. The van der Waals surface area contributed by atoms with Crippen molar-refractivity contribution in [3.63, 3.8) is 0 Å². The van der Waals surface area contributed by atoms with Gasteiger partial charge in [0, 0.05) is 13.6 Å². The van der Waals surface area contributed by atoms with Crippen LogP contribution in [0, 0.1) is 0 Å². The highest BCUT2D eigenvalue weighted by molar-refractivity contribution is 7.99. The van der Waals surface area contributed by atoms with Gasteiger partial charge in [-0.3, -0.25) is 10.1 Å². The van der Waals surface area contributed by atoms with Crippen LogP contribution in [-0.2, 0) is 17.8 Å². The molecular weight excluding hydrogens is 340 g/mol. The first-order chi connectivity index (χ1) is 12.1. The van der Waals surface area contributed by atoms with Crippen LogP contribution in [0.4, 0.5) is 4.79 Å². The molecule has 1 fully saturated rings. The molecule has 0 aromatic carbocycles. The molecule has 1 aromatic rings. The number of piperidine rings is 1. The van der Waals surface area contributed by atoms with Gasteiger partial charge in [0.1, 0.15) is 5.82 Å². The molecule has 1 aliphatic heterocycles. The van der Waals surface area contributed by atoms with Crippen molar-refractivity contribution in [1.29, 1.82) is 0 Å². The van der Waals surface area contributed by atoms with E-state index in [2.05, 4.69) is 27.4 Å². The van der Waals surface area contributed by atoms with Crippen LogP contribution in [0.25, 0.3) is 0 Å². The van der Waals surface area contributed by atoms with Crippen molar-refractivity contribution in [2.24, 2.45) is 0 Å². The number of nitrogens with zero attached hydrogens (tertiary/aromatic N) is 3. The summed E-state index contributed by atoms with van der Waals surface area (Å²) in [4.78, 5) is 24.5. The van der Waals surface area contributed by atoms with E-state index >= 15 is 0 Å². The topological polar surface area (TPSA) is 93.3 Å². The molecule has 2 heterocycles. The second-order valence-electron chi connectivity index (χ2n) is 6.02. The van der Waals surface area contributed by atoms with E-state index in [1.54, 1.807) is 11.0 Å². The van der Waals surface area contributed by atoms with Crippen molar-refractivity contribution in [2.45, 2.75) is 37.4 Å². The first-order valence-corrected chi connectivity index (χ1v) is 9.63. The van der Waals surface area contributed by atoms with Gasteiger partial charge in [0.05, 0.1) is 31.8 Å². The zero-order chi connectivity index (χ0) is 18.1. The van der Waals surface area contributed by atoms with Crippen molar-refractivity contribution < 1.29 is 14.5 Å². The highest BCUT2D eigenvalue weighted by Crippen LogP contribution is 2.17. The number of urea groups is 1. The fraction of sp³-hybridized carbons (Fsp3) is 0.625. The SMILES string of the molecule is C=CCn1c(CC[NH+]2CCCCC2)nnc1SCC(=O)NC(=O)NC. The lowest BCUT2D eigenvalue weighted by atomic mass is 10.1. The number of quaternary nitrogens is 1. The molecule has 0 spiro atoms. The smallest absolute Gasteiger partial charge is 0.321 e. The van der Waals surface area contributed by atoms with E-state index in [4.69, 9.17) is 0 Å². The van der Waals surface area contributed by atoms with Gasteiger partial charge in [0.2, 0.25) is 5.91 Å². The molecule has 1 saturated heterocycles. The standard InChI is InChI=1S/C16H26N6O2S/c1-3-8-22-13(7-11-21-9-5-4-6-10-21)19-20-16(22)25-12-14(23)18-15(24)17-2/h3H,1,4-12H2,2H3,(H2,17,18,23,24)/p+1. The summed E-state index contributed by atoms with van der Waals surface area (Å²) in [6, 6.07) is -0.511. The second-order valence-corrected chi connectivity index (χ2v) is 6.97. The van der Waals surface area contributed by atoms with Crippen molar-refractivity contribution >= 4 is 23.7 Å². The average Bonchev–Trinajstić information content (AvgIpc) is 3.01. The molecule has 138 valence electrons. The Morgan fingerprint density at radius 2 is 2.08 bits per heavy atom. The van der Waals surface area contributed by atoms with E-state index in [0.29, 0.717) is 11.7 Å². The number of carbonyl (C=O) groups excluding carboxylic acids is 2. The van der Waals surface area contributed by atoms with Crippen LogP contribution < -0.4 is 15.5 Å². The van der Waals surface area contributed by atoms with Gasteiger partial charge in [-0.1, -0.05) is 17.8 Å². The molecule has 9 heteroatoms. The van der Waals surface area contributed by atoms with Crippen molar-refractivity contribution in [3.8, 4) is 0 Å². The van der Waals surface area contributed by atoms with Crippen LogP contribution in [0.15, 0.2) is 17.8 Å². The molecule has 8 nitrogen and oxygen atoms in total. The fourth-order valence-corrected chi connectivity index (χ4v) is 3.64. The third kappa shape index (κ3) is 6.17. The van der Waals surface area contributed by atoms with E-state index in [1.807, 2.05) is 4.57 Å². The van der Waals surface area contributed by atoms with E-state index in [0.717, 1.165) is 18.8 Å². The molecule has 2 rings (SSSR count). The Morgan fingerprint density at radius 1 is 1.32 bits per heavy atom. The number of nitrogens with one attached hydrogen (secondary N) is 3. The third-order valence-electron chi connectivity index (χ3n) is 4.18. The van der Waals surface area contributed by atoms with Gasteiger partial charge < -0.3 is 14.8 Å². The summed E-state index contributed by atoms with van der Waals surface area (Å²) in [7, 11) is 1.47. The molecule has 1 aromatic heterocycles. The monoisotopic (exact) mass is 367 g/mol. The lowest BCUT2D eigenvalue weighted by Crippen LogP contribution is -3.13. The Bertz CT molecular complexity index is 597. The maximum atomic E-state index is 11.7. The Kier molecular flexibility index (Phi) is 7.93. The zero-order valence-electron chi connectivity index (χ0n) is 14.7. The van der Waals surface area contributed by atoms with Crippen molar-refractivity contribution in [1.82, 2.24) is 25.4 Å². The van der Waals surface area contributed by atoms with E-state index in [-0.39, 0.29) is 11.7 Å². The average molecular weight is 367 g/mol. The minimum atomic E-state index is -0.511. The molecule has 0 bridgehead atoms. The summed E-state index contributed by atoms with van der Waals surface area (Å²) in [6.45, 7) is 7.92. The van der Waals surface area contributed by atoms with Crippen LogP contribution in [0.3, 0.4) is 0 Å². The first kappa shape index (κ1) is 19.5. The normalized spacial score (nSPS) is 14.9. The van der Waals surface area contributed by atoms with Gasteiger partial charge >= 0.3 is 6.03 Å². The van der Waals surface area contributed by atoms with Crippen molar-refractivity contribution in [2.75, 3.05) is 32.4 Å². The Morgan fingerprint density at radius 3 is 2.76 bits per heavy atom. The molecule has 0 aliphatic carbocycles. The van der Waals surface area contributed by atoms with Gasteiger partial charge in [-0.25, -0.2) is 4.79 Å². The number of hydrogen-bond donors (Lipinski definition) is 3. The number of amides is 3. The predicted molar refractivity (Wildman–Crippen MR) is 96.7 cm³/mol. The van der Waals surface area contributed by atoms with E-state index in [1.165, 1.54) is 51.2 Å². The lowest BCUT2D eigenvalue weighted by molar-refractivity contribution is -0.904. The second kappa shape index (κ2) is 10.2. The van der Waals surface area contributed by atoms with Crippen LogP contribution in [0.5, 0.6) is 0 Å². The van der Waals surface area contributed by atoms with Crippen LogP contribution in [0.2, 0.25) is 0 Å². The molecule has 3 N–H and O–H groups in total. The Balaban J connectivity index is 1.91.